The zero-order valence-electron chi connectivity index (χ0n) is 11.2. The van der Waals surface area contributed by atoms with E-state index in [0.29, 0.717) is 0 Å². The number of hydrogen-bond donors (Lipinski definition) is 1. The number of carboxylic acid groups (broad SMARTS) is 1. The van der Waals surface area contributed by atoms with Crippen molar-refractivity contribution in [2.75, 3.05) is 0 Å². The molecule has 0 spiro atoms. The van der Waals surface area contributed by atoms with E-state index in [0.717, 1.165) is 24.8 Å². The van der Waals surface area contributed by atoms with Crippen molar-refractivity contribution in [3.63, 3.8) is 0 Å². The third kappa shape index (κ3) is 5.89. The van der Waals surface area contributed by atoms with E-state index >= 15 is 0 Å². The van der Waals surface area contributed by atoms with Gasteiger partial charge in [0.1, 0.15) is 0 Å². The SMILES string of the molecule is CCCCCCCc1ccc([O-])cc1C(=O)O.[Na+]. The fourth-order valence-corrected chi connectivity index (χ4v) is 1.89. The summed E-state index contributed by atoms with van der Waals surface area (Å²) in [5.74, 6) is -1.25. The van der Waals surface area contributed by atoms with Crippen molar-refractivity contribution in [2.24, 2.45) is 0 Å². The zero-order valence-corrected chi connectivity index (χ0v) is 13.2. The van der Waals surface area contributed by atoms with Crippen LogP contribution in [0.25, 0.3) is 0 Å². The maximum Gasteiger partial charge on any atom is 1.00 e. The van der Waals surface area contributed by atoms with Gasteiger partial charge in [0.25, 0.3) is 0 Å². The Bertz CT molecular complexity index is 377. The molecule has 0 fully saturated rings. The van der Waals surface area contributed by atoms with Crippen LogP contribution in [0, 0.1) is 0 Å². The van der Waals surface area contributed by atoms with Gasteiger partial charge in [0.15, 0.2) is 0 Å². The summed E-state index contributed by atoms with van der Waals surface area (Å²) in [4.78, 5) is 11.0. The summed E-state index contributed by atoms with van der Waals surface area (Å²) in [6, 6.07) is 4.29. The van der Waals surface area contributed by atoms with Gasteiger partial charge in [0.05, 0.1) is 5.56 Å². The quantitative estimate of drug-likeness (QED) is 0.552. The molecule has 0 unspecified atom stereocenters. The van der Waals surface area contributed by atoms with Crippen LogP contribution in [0.4, 0.5) is 0 Å². The molecule has 3 nitrogen and oxygen atoms in total. The molecule has 0 aliphatic heterocycles. The minimum absolute atomic E-state index is 0. The van der Waals surface area contributed by atoms with E-state index in [1.54, 1.807) is 6.07 Å². The van der Waals surface area contributed by atoms with Gasteiger partial charge in [-0.2, -0.15) is 0 Å². The molecule has 1 aromatic carbocycles. The molecule has 0 amide bonds. The zero-order chi connectivity index (χ0) is 12.7. The molecule has 0 saturated heterocycles. The van der Waals surface area contributed by atoms with Crippen LogP contribution in [0.3, 0.4) is 0 Å². The predicted molar refractivity (Wildman–Crippen MR) is 65.3 cm³/mol. The molecule has 0 atom stereocenters. The fourth-order valence-electron chi connectivity index (χ4n) is 1.89. The van der Waals surface area contributed by atoms with Gasteiger partial charge in [-0.1, -0.05) is 50.8 Å². The Morgan fingerprint density at radius 2 is 1.89 bits per heavy atom. The number of benzene rings is 1. The van der Waals surface area contributed by atoms with E-state index in [4.69, 9.17) is 5.11 Å². The van der Waals surface area contributed by atoms with Crippen LogP contribution in [0.5, 0.6) is 5.75 Å². The molecule has 0 aliphatic rings. The van der Waals surface area contributed by atoms with E-state index in [2.05, 4.69) is 6.92 Å². The molecule has 0 radical (unpaired) electrons. The average molecular weight is 258 g/mol. The normalized spacial score (nSPS) is 9.83. The first kappa shape index (κ1) is 17.5. The molecular formula is C14H19NaO3. The van der Waals surface area contributed by atoms with Crippen molar-refractivity contribution >= 4 is 5.97 Å². The van der Waals surface area contributed by atoms with Crippen LogP contribution in [0.1, 0.15) is 54.9 Å². The third-order valence-corrected chi connectivity index (χ3v) is 2.86. The molecule has 1 aromatic rings. The van der Waals surface area contributed by atoms with Crippen molar-refractivity contribution < 1.29 is 44.6 Å². The summed E-state index contributed by atoms with van der Waals surface area (Å²) in [6.45, 7) is 2.16. The Hall–Kier alpha value is -0.510. The molecule has 0 saturated carbocycles. The van der Waals surface area contributed by atoms with Gasteiger partial charge in [-0.25, -0.2) is 4.79 Å². The number of carboxylic acids is 1. The predicted octanol–water partition coefficient (Wildman–Crippen LogP) is -0.0247. The second-order valence-corrected chi connectivity index (χ2v) is 4.29. The van der Waals surface area contributed by atoms with Crippen LogP contribution in [0.15, 0.2) is 18.2 Å². The van der Waals surface area contributed by atoms with Crippen molar-refractivity contribution in [3.8, 4) is 5.75 Å². The number of unbranched alkanes of at least 4 members (excludes halogenated alkanes) is 4. The first-order valence-corrected chi connectivity index (χ1v) is 6.18. The molecule has 1 N–H and O–H groups in total. The Balaban J connectivity index is 0.00000289. The monoisotopic (exact) mass is 258 g/mol. The van der Waals surface area contributed by atoms with Crippen LogP contribution >= 0.6 is 0 Å². The Morgan fingerprint density at radius 1 is 1.22 bits per heavy atom. The standard InChI is InChI=1S/C14H20O3.Na/c1-2-3-4-5-6-7-11-8-9-12(15)10-13(11)14(16)17;/h8-10,15H,2-7H2,1H3,(H,16,17);/q;+1/p-1. The smallest absolute Gasteiger partial charge is 0.872 e. The Labute approximate surface area is 131 Å². The van der Waals surface area contributed by atoms with Gasteiger partial charge in [0.2, 0.25) is 0 Å². The summed E-state index contributed by atoms with van der Waals surface area (Å²) >= 11 is 0. The van der Waals surface area contributed by atoms with E-state index in [1.807, 2.05) is 0 Å². The number of aryl methyl sites for hydroxylation is 1. The molecule has 4 heteroatoms. The van der Waals surface area contributed by atoms with E-state index in [9.17, 15) is 9.90 Å². The molecule has 0 aromatic heterocycles. The number of rotatable bonds is 7. The Morgan fingerprint density at radius 3 is 2.50 bits per heavy atom. The molecule has 0 aliphatic carbocycles. The number of aromatic carboxylic acids is 1. The van der Waals surface area contributed by atoms with E-state index in [1.165, 1.54) is 31.4 Å². The van der Waals surface area contributed by atoms with Crippen molar-refractivity contribution in [3.05, 3.63) is 29.3 Å². The molecule has 0 heterocycles. The second kappa shape index (κ2) is 9.42. The largest absolute Gasteiger partial charge is 1.00 e. The van der Waals surface area contributed by atoms with Gasteiger partial charge in [-0.05, 0) is 18.4 Å². The van der Waals surface area contributed by atoms with Crippen LogP contribution in [-0.4, -0.2) is 11.1 Å². The van der Waals surface area contributed by atoms with Crippen molar-refractivity contribution in [1.29, 1.82) is 0 Å². The van der Waals surface area contributed by atoms with Gasteiger partial charge >= 0.3 is 35.5 Å². The topological polar surface area (TPSA) is 60.4 Å². The van der Waals surface area contributed by atoms with Crippen molar-refractivity contribution in [1.82, 2.24) is 0 Å². The first-order chi connectivity index (χ1) is 8.15. The summed E-state index contributed by atoms with van der Waals surface area (Å²) in [5.41, 5.74) is 0.932. The molecule has 1 rings (SSSR count). The average Bonchev–Trinajstić information content (AvgIpc) is 2.30. The number of carbonyl (C=O) groups is 1. The van der Waals surface area contributed by atoms with Gasteiger partial charge in [-0.3, -0.25) is 0 Å². The molecule has 18 heavy (non-hydrogen) atoms. The van der Waals surface area contributed by atoms with Gasteiger partial charge in [-0.15, -0.1) is 5.75 Å². The maximum absolute atomic E-state index is 11.1. The fraction of sp³-hybridized carbons (Fsp3) is 0.500. The van der Waals surface area contributed by atoms with E-state index in [-0.39, 0.29) is 40.9 Å². The summed E-state index contributed by atoms with van der Waals surface area (Å²) in [6.07, 6.45) is 6.46. The molecular weight excluding hydrogens is 239 g/mol. The second-order valence-electron chi connectivity index (χ2n) is 4.29. The summed E-state index contributed by atoms with van der Waals surface area (Å²) in [7, 11) is 0. The third-order valence-electron chi connectivity index (χ3n) is 2.86. The summed E-state index contributed by atoms with van der Waals surface area (Å²) in [5, 5.41) is 20.1. The summed E-state index contributed by atoms with van der Waals surface area (Å²) < 4.78 is 0. The Kier molecular flexibility index (Phi) is 9.16. The van der Waals surface area contributed by atoms with Crippen LogP contribution in [-0.2, 0) is 6.42 Å². The maximum atomic E-state index is 11.1. The minimum atomic E-state index is -1.01. The number of hydrogen-bond acceptors (Lipinski definition) is 2. The minimum Gasteiger partial charge on any atom is -0.872 e. The van der Waals surface area contributed by atoms with Gasteiger partial charge < -0.3 is 10.2 Å². The van der Waals surface area contributed by atoms with E-state index < -0.39 is 5.97 Å². The first-order valence-electron chi connectivity index (χ1n) is 6.18. The van der Waals surface area contributed by atoms with Crippen molar-refractivity contribution in [2.45, 2.75) is 45.4 Å². The molecule has 94 valence electrons. The van der Waals surface area contributed by atoms with Gasteiger partial charge in [0, 0.05) is 0 Å². The van der Waals surface area contributed by atoms with Crippen LogP contribution < -0.4 is 34.7 Å². The molecule has 0 bridgehead atoms. The van der Waals surface area contributed by atoms with Crippen LogP contribution in [0.2, 0.25) is 0 Å².